The first-order chi connectivity index (χ1) is 7.45. The zero-order valence-corrected chi connectivity index (χ0v) is 11.1. The predicted octanol–water partition coefficient (Wildman–Crippen LogP) is 1.53. The minimum absolute atomic E-state index is 0.158. The molecule has 1 atom stereocenters. The van der Waals surface area contributed by atoms with Crippen LogP contribution in [0.5, 0.6) is 0 Å². The van der Waals surface area contributed by atoms with Crippen molar-refractivity contribution in [2.45, 2.75) is 11.8 Å². The van der Waals surface area contributed by atoms with Crippen molar-refractivity contribution in [1.82, 2.24) is 9.71 Å². The zero-order chi connectivity index (χ0) is 12.2. The Kier molecular flexibility index (Phi) is 4.82. The molecule has 0 aliphatic rings. The van der Waals surface area contributed by atoms with E-state index in [1.165, 1.54) is 0 Å². The summed E-state index contributed by atoms with van der Waals surface area (Å²) in [6, 6.07) is 0.939. The van der Waals surface area contributed by atoms with Crippen LogP contribution in [-0.2, 0) is 10.0 Å². The monoisotopic (exact) mass is 310 g/mol. The molecule has 1 rings (SSSR count). The molecule has 0 aliphatic heterocycles. The van der Waals surface area contributed by atoms with E-state index in [0.717, 1.165) is 18.5 Å². The Morgan fingerprint density at radius 2 is 2.25 bits per heavy atom. The summed E-state index contributed by atoms with van der Waals surface area (Å²) in [5.74, 6) is -0.507. The van der Waals surface area contributed by atoms with E-state index in [4.69, 9.17) is 0 Å². The van der Waals surface area contributed by atoms with E-state index in [2.05, 4.69) is 25.6 Å². The smallest absolute Gasteiger partial charge is 0.242 e. The number of alkyl halides is 1. The second-order valence-corrected chi connectivity index (χ2v) is 5.86. The summed E-state index contributed by atoms with van der Waals surface area (Å²) in [6.45, 7) is 2.19. The molecule has 1 N–H and O–H groups in total. The molecule has 0 amide bonds. The summed E-state index contributed by atoms with van der Waals surface area (Å²) in [5.41, 5.74) is 0. The van der Waals surface area contributed by atoms with Crippen LogP contribution in [0.25, 0.3) is 0 Å². The van der Waals surface area contributed by atoms with Crippen LogP contribution in [-0.4, -0.2) is 25.3 Å². The van der Waals surface area contributed by atoms with Gasteiger partial charge in [-0.05, 0) is 12.0 Å². The van der Waals surface area contributed by atoms with Gasteiger partial charge >= 0.3 is 0 Å². The fourth-order valence-electron chi connectivity index (χ4n) is 0.929. The van der Waals surface area contributed by atoms with Crippen LogP contribution in [0.2, 0.25) is 0 Å². The molecule has 1 aromatic rings. The number of aromatic nitrogens is 1. The largest absolute Gasteiger partial charge is 0.260 e. The molecule has 7 heteroatoms. The average Bonchev–Trinajstić information content (AvgIpc) is 2.26. The molecule has 0 saturated heterocycles. The van der Waals surface area contributed by atoms with Crippen LogP contribution in [0.4, 0.5) is 4.39 Å². The number of hydrogen-bond donors (Lipinski definition) is 1. The van der Waals surface area contributed by atoms with Crippen molar-refractivity contribution >= 4 is 26.0 Å². The molecule has 0 bridgehead atoms. The van der Waals surface area contributed by atoms with Crippen LogP contribution in [0, 0.1) is 11.7 Å². The van der Waals surface area contributed by atoms with Gasteiger partial charge in [-0.15, -0.1) is 0 Å². The second kappa shape index (κ2) is 5.70. The maximum atomic E-state index is 12.8. The normalized spacial score (nSPS) is 13.7. The zero-order valence-electron chi connectivity index (χ0n) is 8.65. The molecule has 0 aliphatic carbocycles. The molecule has 4 nitrogen and oxygen atoms in total. The second-order valence-electron chi connectivity index (χ2n) is 3.45. The number of sulfonamides is 1. The lowest BCUT2D eigenvalue weighted by Gasteiger charge is -2.09. The highest BCUT2D eigenvalue weighted by Crippen LogP contribution is 2.09. The maximum absolute atomic E-state index is 12.8. The minimum atomic E-state index is -3.66. The van der Waals surface area contributed by atoms with Crippen molar-refractivity contribution in [2.24, 2.45) is 5.92 Å². The van der Waals surface area contributed by atoms with Gasteiger partial charge in [0.1, 0.15) is 10.7 Å². The Morgan fingerprint density at radius 1 is 1.56 bits per heavy atom. The van der Waals surface area contributed by atoms with Gasteiger partial charge in [-0.2, -0.15) is 0 Å². The van der Waals surface area contributed by atoms with Gasteiger partial charge in [0.25, 0.3) is 0 Å². The Balaban J connectivity index is 2.78. The van der Waals surface area contributed by atoms with E-state index in [1.54, 1.807) is 0 Å². The van der Waals surface area contributed by atoms with Gasteiger partial charge in [-0.25, -0.2) is 17.5 Å². The molecule has 1 unspecified atom stereocenters. The topological polar surface area (TPSA) is 59.1 Å². The van der Waals surface area contributed by atoms with Gasteiger partial charge in [0.05, 0.1) is 6.20 Å². The third kappa shape index (κ3) is 3.80. The minimum Gasteiger partial charge on any atom is -0.260 e. The highest BCUT2D eigenvalue weighted by molar-refractivity contribution is 9.09. The predicted molar refractivity (Wildman–Crippen MR) is 62.3 cm³/mol. The highest BCUT2D eigenvalue weighted by atomic mass is 79.9. The van der Waals surface area contributed by atoms with Crippen molar-refractivity contribution < 1.29 is 12.8 Å². The molecule has 0 saturated carbocycles. The van der Waals surface area contributed by atoms with Gasteiger partial charge in [-0.1, -0.05) is 22.9 Å². The Labute approximate surface area is 102 Å². The first-order valence-corrected chi connectivity index (χ1v) is 7.22. The van der Waals surface area contributed by atoms with Crippen LogP contribution < -0.4 is 4.72 Å². The van der Waals surface area contributed by atoms with E-state index in [1.807, 2.05) is 6.92 Å². The third-order valence-electron chi connectivity index (χ3n) is 1.88. The lowest BCUT2D eigenvalue weighted by atomic mass is 10.2. The van der Waals surface area contributed by atoms with E-state index in [0.29, 0.717) is 11.9 Å². The summed E-state index contributed by atoms with van der Waals surface area (Å²) in [4.78, 5) is 3.34. The van der Waals surface area contributed by atoms with Crippen molar-refractivity contribution in [2.75, 3.05) is 11.9 Å². The van der Waals surface area contributed by atoms with Crippen molar-refractivity contribution in [3.05, 3.63) is 24.3 Å². The molecule has 1 heterocycles. The molecule has 0 radical (unpaired) electrons. The summed E-state index contributed by atoms with van der Waals surface area (Å²) in [7, 11) is -3.66. The van der Waals surface area contributed by atoms with E-state index >= 15 is 0 Å². The molecule has 0 spiro atoms. The van der Waals surface area contributed by atoms with Crippen LogP contribution in [0.3, 0.4) is 0 Å². The molecule has 90 valence electrons. The van der Waals surface area contributed by atoms with Crippen molar-refractivity contribution in [3.8, 4) is 0 Å². The molecular formula is C9H12BrFN2O2S. The van der Waals surface area contributed by atoms with E-state index in [9.17, 15) is 12.8 Å². The Hall–Kier alpha value is -0.530. The van der Waals surface area contributed by atoms with Gasteiger partial charge in [0, 0.05) is 18.1 Å². The van der Waals surface area contributed by atoms with Gasteiger partial charge in [-0.3, -0.25) is 4.98 Å². The summed E-state index contributed by atoms with van der Waals surface area (Å²) < 4.78 is 38.5. The summed E-state index contributed by atoms with van der Waals surface area (Å²) in [5, 5.41) is 0.691. The molecule has 0 aromatic carbocycles. The Morgan fingerprint density at radius 3 is 2.81 bits per heavy atom. The summed E-state index contributed by atoms with van der Waals surface area (Å²) in [6.07, 6.45) is 2.07. The number of hydrogen-bond acceptors (Lipinski definition) is 3. The maximum Gasteiger partial charge on any atom is 0.242 e. The quantitative estimate of drug-likeness (QED) is 0.839. The van der Waals surface area contributed by atoms with Gasteiger partial charge < -0.3 is 0 Å². The van der Waals surface area contributed by atoms with Crippen molar-refractivity contribution in [1.29, 1.82) is 0 Å². The van der Waals surface area contributed by atoms with Crippen LogP contribution in [0.15, 0.2) is 23.4 Å². The third-order valence-corrected chi connectivity index (χ3v) is 4.37. The fourth-order valence-corrected chi connectivity index (χ4v) is 2.30. The SMILES string of the molecule is CC(CBr)CNS(=O)(=O)c1cncc(F)c1. The van der Waals surface area contributed by atoms with Gasteiger partial charge in [0.15, 0.2) is 0 Å². The molecule has 0 fully saturated rings. The summed E-state index contributed by atoms with van der Waals surface area (Å²) >= 11 is 3.24. The highest BCUT2D eigenvalue weighted by Gasteiger charge is 2.15. The molecule has 16 heavy (non-hydrogen) atoms. The number of rotatable bonds is 5. The van der Waals surface area contributed by atoms with E-state index < -0.39 is 15.8 Å². The first kappa shape index (κ1) is 13.5. The standard InChI is InChI=1S/C9H12BrFN2O2S/c1-7(3-10)4-13-16(14,15)9-2-8(11)5-12-6-9/h2,5-7,13H,3-4H2,1H3. The molecule has 1 aromatic heterocycles. The first-order valence-electron chi connectivity index (χ1n) is 4.62. The lowest BCUT2D eigenvalue weighted by Crippen LogP contribution is -2.29. The number of pyridine rings is 1. The Bertz CT molecular complexity index is 453. The van der Waals surface area contributed by atoms with Gasteiger partial charge in [0.2, 0.25) is 10.0 Å². The number of nitrogens with one attached hydrogen (secondary N) is 1. The fraction of sp³-hybridized carbons (Fsp3) is 0.444. The lowest BCUT2D eigenvalue weighted by molar-refractivity contribution is 0.559. The van der Waals surface area contributed by atoms with Crippen molar-refractivity contribution in [3.63, 3.8) is 0 Å². The molecular weight excluding hydrogens is 299 g/mol. The van der Waals surface area contributed by atoms with Crippen LogP contribution >= 0.6 is 15.9 Å². The number of halogens is 2. The van der Waals surface area contributed by atoms with Crippen LogP contribution in [0.1, 0.15) is 6.92 Å². The average molecular weight is 311 g/mol. The van der Waals surface area contributed by atoms with E-state index in [-0.39, 0.29) is 10.8 Å². The number of nitrogens with zero attached hydrogens (tertiary/aromatic N) is 1.